The zero-order valence-corrected chi connectivity index (χ0v) is 16.4. The van der Waals surface area contributed by atoms with Gasteiger partial charge in [-0.25, -0.2) is 0 Å². The number of anilines is 1. The topological polar surface area (TPSA) is 52.5 Å². The Kier molecular flexibility index (Phi) is 5.42. The summed E-state index contributed by atoms with van der Waals surface area (Å²) in [5.74, 6) is 1.08. The van der Waals surface area contributed by atoms with E-state index in [9.17, 15) is 4.79 Å². The smallest absolute Gasteiger partial charge is 0.257 e. The summed E-state index contributed by atoms with van der Waals surface area (Å²) in [5, 5.41) is 3.51. The normalized spacial score (nSPS) is 10.6. The van der Waals surface area contributed by atoms with Gasteiger partial charge >= 0.3 is 0 Å². The van der Waals surface area contributed by atoms with Crippen molar-refractivity contribution < 1.29 is 14.3 Å². The Hall–Kier alpha value is -2.92. The SMILES string of the molecule is COc1ccccc1NC(=O)c1cc(C)n(-c2cc(Cl)ccc2OC)c1C. The van der Waals surface area contributed by atoms with Crippen molar-refractivity contribution in [2.24, 2.45) is 0 Å². The molecule has 0 fully saturated rings. The number of amides is 1. The van der Waals surface area contributed by atoms with E-state index in [1.807, 2.05) is 48.7 Å². The van der Waals surface area contributed by atoms with Gasteiger partial charge in [-0.1, -0.05) is 23.7 Å². The molecule has 0 atom stereocenters. The van der Waals surface area contributed by atoms with E-state index in [0.717, 1.165) is 17.1 Å². The van der Waals surface area contributed by atoms with Gasteiger partial charge in [-0.3, -0.25) is 4.79 Å². The number of hydrogen-bond acceptors (Lipinski definition) is 3. The van der Waals surface area contributed by atoms with Crippen LogP contribution in [0.2, 0.25) is 5.02 Å². The molecule has 1 N–H and O–H groups in total. The van der Waals surface area contributed by atoms with Gasteiger partial charge in [0.2, 0.25) is 0 Å². The second-order valence-corrected chi connectivity index (χ2v) is 6.53. The van der Waals surface area contributed by atoms with Crippen molar-refractivity contribution in [3.05, 3.63) is 70.5 Å². The molecule has 1 aromatic heterocycles. The molecule has 0 aliphatic rings. The lowest BCUT2D eigenvalue weighted by molar-refractivity contribution is 0.102. The van der Waals surface area contributed by atoms with Gasteiger partial charge in [0, 0.05) is 16.4 Å². The van der Waals surface area contributed by atoms with Crippen LogP contribution in [-0.4, -0.2) is 24.7 Å². The predicted molar refractivity (Wildman–Crippen MR) is 108 cm³/mol. The van der Waals surface area contributed by atoms with E-state index in [-0.39, 0.29) is 5.91 Å². The molecule has 27 heavy (non-hydrogen) atoms. The first-order valence-electron chi connectivity index (χ1n) is 8.43. The standard InChI is InChI=1S/C21H21ClN2O3/c1-13-11-16(21(25)23-17-7-5-6-8-19(17)26-3)14(2)24(13)18-12-15(22)9-10-20(18)27-4/h5-12H,1-4H3,(H,23,25). The Balaban J connectivity index is 2.01. The van der Waals surface area contributed by atoms with Crippen molar-refractivity contribution in [1.82, 2.24) is 4.57 Å². The lowest BCUT2D eigenvalue weighted by atomic mass is 10.2. The number of carbonyl (C=O) groups is 1. The van der Waals surface area contributed by atoms with Gasteiger partial charge in [0.1, 0.15) is 11.5 Å². The largest absolute Gasteiger partial charge is 0.495 e. The average Bonchev–Trinajstić information content (AvgIpc) is 2.96. The molecule has 1 amide bonds. The third-order valence-electron chi connectivity index (χ3n) is 4.41. The zero-order chi connectivity index (χ0) is 19.6. The minimum atomic E-state index is -0.208. The maximum Gasteiger partial charge on any atom is 0.257 e. The lowest BCUT2D eigenvalue weighted by Crippen LogP contribution is -2.14. The molecule has 0 aliphatic heterocycles. The second kappa shape index (κ2) is 7.76. The number of hydrogen-bond donors (Lipinski definition) is 1. The monoisotopic (exact) mass is 384 g/mol. The number of carbonyl (C=O) groups excluding carboxylic acids is 1. The number of benzene rings is 2. The first-order chi connectivity index (χ1) is 13.0. The van der Waals surface area contributed by atoms with Crippen LogP contribution >= 0.6 is 11.6 Å². The molecule has 0 unspecified atom stereocenters. The van der Waals surface area contributed by atoms with Crippen molar-refractivity contribution in [2.45, 2.75) is 13.8 Å². The average molecular weight is 385 g/mol. The molecule has 3 rings (SSSR count). The molecule has 0 saturated carbocycles. The first kappa shape index (κ1) is 18.9. The highest BCUT2D eigenvalue weighted by atomic mass is 35.5. The van der Waals surface area contributed by atoms with Crippen LogP contribution < -0.4 is 14.8 Å². The predicted octanol–water partition coefficient (Wildman–Crippen LogP) is 5.02. The fraction of sp³-hybridized carbons (Fsp3) is 0.190. The third-order valence-corrected chi connectivity index (χ3v) is 4.65. The van der Waals surface area contributed by atoms with Crippen molar-refractivity contribution in [3.8, 4) is 17.2 Å². The van der Waals surface area contributed by atoms with Gasteiger partial charge in [-0.15, -0.1) is 0 Å². The van der Waals surface area contributed by atoms with Crippen LogP contribution in [0.15, 0.2) is 48.5 Å². The Bertz CT molecular complexity index is 995. The first-order valence-corrected chi connectivity index (χ1v) is 8.81. The van der Waals surface area contributed by atoms with Crippen molar-refractivity contribution in [3.63, 3.8) is 0 Å². The lowest BCUT2D eigenvalue weighted by Gasteiger charge is -2.15. The Morgan fingerprint density at radius 2 is 1.70 bits per heavy atom. The fourth-order valence-electron chi connectivity index (χ4n) is 3.14. The summed E-state index contributed by atoms with van der Waals surface area (Å²) in [7, 11) is 3.18. The van der Waals surface area contributed by atoms with Crippen LogP contribution in [0.25, 0.3) is 5.69 Å². The van der Waals surface area contributed by atoms with Crippen LogP contribution in [0.4, 0.5) is 5.69 Å². The van der Waals surface area contributed by atoms with E-state index < -0.39 is 0 Å². The summed E-state index contributed by atoms with van der Waals surface area (Å²) < 4.78 is 12.7. The Morgan fingerprint density at radius 3 is 2.41 bits per heavy atom. The van der Waals surface area contributed by atoms with Crippen LogP contribution in [0, 0.1) is 13.8 Å². The number of rotatable bonds is 5. The molecular weight excluding hydrogens is 364 g/mol. The molecule has 3 aromatic rings. The quantitative estimate of drug-likeness (QED) is 0.672. The number of nitrogens with one attached hydrogen (secondary N) is 1. The number of aromatic nitrogens is 1. The number of methoxy groups -OCH3 is 2. The summed E-state index contributed by atoms with van der Waals surface area (Å²) in [6, 6.07) is 14.6. The highest BCUT2D eigenvalue weighted by Crippen LogP contribution is 2.31. The second-order valence-electron chi connectivity index (χ2n) is 6.09. The van der Waals surface area contributed by atoms with E-state index in [1.165, 1.54) is 0 Å². The third kappa shape index (κ3) is 3.64. The number of halogens is 1. The molecule has 2 aromatic carbocycles. The number of aryl methyl sites for hydroxylation is 1. The maximum atomic E-state index is 12.9. The molecular formula is C21H21ClN2O3. The van der Waals surface area contributed by atoms with Crippen molar-refractivity contribution in [2.75, 3.05) is 19.5 Å². The molecule has 0 saturated heterocycles. The molecule has 1 heterocycles. The van der Waals surface area contributed by atoms with Crippen LogP contribution in [-0.2, 0) is 0 Å². The maximum absolute atomic E-state index is 12.9. The Morgan fingerprint density at radius 1 is 1.00 bits per heavy atom. The molecule has 140 valence electrons. The number of para-hydroxylation sites is 2. The van der Waals surface area contributed by atoms with E-state index in [2.05, 4.69) is 5.32 Å². The van der Waals surface area contributed by atoms with E-state index in [1.54, 1.807) is 32.4 Å². The van der Waals surface area contributed by atoms with E-state index in [4.69, 9.17) is 21.1 Å². The summed E-state index contributed by atoms with van der Waals surface area (Å²) in [5.41, 5.74) is 3.67. The Labute approximate surface area is 163 Å². The molecule has 0 spiro atoms. The van der Waals surface area contributed by atoms with E-state index in [0.29, 0.717) is 27.8 Å². The summed E-state index contributed by atoms with van der Waals surface area (Å²) >= 11 is 6.18. The summed E-state index contributed by atoms with van der Waals surface area (Å²) in [6.45, 7) is 3.83. The minimum Gasteiger partial charge on any atom is -0.495 e. The number of ether oxygens (including phenoxy) is 2. The molecule has 6 heteroatoms. The summed E-state index contributed by atoms with van der Waals surface area (Å²) in [6.07, 6.45) is 0. The molecule has 0 aliphatic carbocycles. The fourth-order valence-corrected chi connectivity index (χ4v) is 3.31. The van der Waals surface area contributed by atoms with Crippen LogP contribution in [0.5, 0.6) is 11.5 Å². The molecule has 0 bridgehead atoms. The van der Waals surface area contributed by atoms with Crippen molar-refractivity contribution >= 4 is 23.2 Å². The molecule has 0 radical (unpaired) electrons. The van der Waals surface area contributed by atoms with Gasteiger partial charge in [0.15, 0.2) is 0 Å². The van der Waals surface area contributed by atoms with Crippen LogP contribution in [0.3, 0.4) is 0 Å². The van der Waals surface area contributed by atoms with Crippen molar-refractivity contribution in [1.29, 1.82) is 0 Å². The summed E-state index contributed by atoms with van der Waals surface area (Å²) in [4.78, 5) is 12.9. The van der Waals surface area contributed by atoms with Gasteiger partial charge in [-0.05, 0) is 50.2 Å². The van der Waals surface area contributed by atoms with Gasteiger partial charge < -0.3 is 19.4 Å². The highest BCUT2D eigenvalue weighted by Gasteiger charge is 2.19. The van der Waals surface area contributed by atoms with E-state index >= 15 is 0 Å². The number of nitrogens with zero attached hydrogens (tertiary/aromatic N) is 1. The van der Waals surface area contributed by atoms with Crippen LogP contribution in [0.1, 0.15) is 21.7 Å². The van der Waals surface area contributed by atoms with Gasteiger partial charge in [-0.2, -0.15) is 0 Å². The van der Waals surface area contributed by atoms with Gasteiger partial charge in [0.25, 0.3) is 5.91 Å². The zero-order valence-electron chi connectivity index (χ0n) is 15.7. The minimum absolute atomic E-state index is 0.208. The highest BCUT2D eigenvalue weighted by molar-refractivity contribution is 6.30. The molecule has 5 nitrogen and oxygen atoms in total. The van der Waals surface area contributed by atoms with Gasteiger partial charge in [0.05, 0.1) is 31.2 Å².